The number of hydrogen-bond donors (Lipinski definition) is 0. The van der Waals surface area contributed by atoms with Gasteiger partial charge in [-0.05, 0) is 42.9 Å². The van der Waals surface area contributed by atoms with Crippen LogP contribution in [0.3, 0.4) is 0 Å². The molecule has 0 unspecified atom stereocenters. The van der Waals surface area contributed by atoms with Gasteiger partial charge in [-0.2, -0.15) is 0 Å². The molecule has 23 heavy (non-hydrogen) atoms. The van der Waals surface area contributed by atoms with Gasteiger partial charge in [0.15, 0.2) is 11.6 Å². The maximum absolute atomic E-state index is 14.1. The predicted molar refractivity (Wildman–Crippen MR) is 88.1 cm³/mol. The van der Waals surface area contributed by atoms with Crippen LogP contribution >= 0.6 is 0 Å². The Bertz CT molecular complexity index is 567. The molecule has 1 aliphatic heterocycles. The van der Waals surface area contributed by atoms with E-state index >= 15 is 0 Å². The van der Waals surface area contributed by atoms with Crippen molar-refractivity contribution in [3.8, 4) is 5.75 Å². The van der Waals surface area contributed by atoms with Crippen LogP contribution in [0.4, 0.5) is 4.39 Å². The zero-order valence-electron chi connectivity index (χ0n) is 13.9. The van der Waals surface area contributed by atoms with Crippen molar-refractivity contribution < 1.29 is 13.9 Å². The second-order valence-corrected chi connectivity index (χ2v) is 6.83. The van der Waals surface area contributed by atoms with E-state index in [9.17, 15) is 9.18 Å². The average molecular weight is 319 g/mol. The zero-order chi connectivity index (χ0) is 16.2. The Morgan fingerprint density at radius 3 is 2.78 bits per heavy atom. The third-order valence-corrected chi connectivity index (χ3v) is 5.00. The molecule has 3 nitrogen and oxygen atoms in total. The molecule has 1 heterocycles. The summed E-state index contributed by atoms with van der Waals surface area (Å²) >= 11 is 0. The normalized spacial score (nSPS) is 18.3. The number of benzene rings is 1. The Hall–Kier alpha value is -1.58. The van der Waals surface area contributed by atoms with Gasteiger partial charge in [0, 0.05) is 18.7 Å². The molecule has 1 fully saturated rings. The molecule has 2 aliphatic rings. The molecule has 1 amide bonds. The van der Waals surface area contributed by atoms with Gasteiger partial charge < -0.3 is 9.64 Å². The van der Waals surface area contributed by atoms with Crippen LogP contribution in [0, 0.1) is 11.7 Å². The molecule has 1 saturated carbocycles. The van der Waals surface area contributed by atoms with E-state index in [4.69, 9.17) is 4.74 Å². The Morgan fingerprint density at radius 2 is 2.04 bits per heavy atom. The van der Waals surface area contributed by atoms with E-state index in [1.807, 2.05) is 4.90 Å². The highest BCUT2D eigenvalue weighted by Gasteiger charge is 2.31. The number of rotatable bonds is 6. The number of ether oxygens (including phenoxy) is 1. The number of nitrogens with zero attached hydrogens (tertiary/aromatic N) is 1. The van der Waals surface area contributed by atoms with Crippen molar-refractivity contribution in [3.05, 3.63) is 29.1 Å². The van der Waals surface area contributed by atoms with Gasteiger partial charge >= 0.3 is 0 Å². The summed E-state index contributed by atoms with van der Waals surface area (Å²) in [4.78, 5) is 14.5. The van der Waals surface area contributed by atoms with Crippen molar-refractivity contribution >= 4 is 5.91 Å². The standard InChI is InChI=1S/C19H26FNO2/c1-2-3-9-23-18-11-16-15(10-17(18)20)13-21(19(16)22)12-14-7-5-4-6-8-14/h10-11,14H,2-9,12-13H2,1H3. The summed E-state index contributed by atoms with van der Waals surface area (Å²) in [5, 5.41) is 0. The first kappa shape index (κ1) is 16.3. The fraction of sp³-hybridized carbons (Fsp3) is 0.632. The molecule has 0 radical (unpaired) electrons. The third-order valence-electron chi connectivity index (χ3n) is 5.00. The highest BCUT2D eigenvalue weighted by Crippen LogP contribution is 2.32. The van der Waals surface area contributed by atoms with Crippen LogP contribution in [-0.4, -0.2) is 24.0 Å². The fourth-order valence-electron chi connectivity index (χ4n) is 3.64. The Balaban J connectivity index is 1.68. The van der Waals surface area contributed by atoms with E-state index in [0.29, 0.717) is 24.6 Å². The molecule has 3 rings (SSSR count). The van der Waals surface area contributed by atoms with E-state index < -0.39 is 0 Å². The minimum atomic E-state index is -0.354. The second kappa shape index (κ2) is 7.33. The summed E-state index contributed by atoms with van der Waals surface area (Å²) in [5.74, 6) is 0.496. The number of amides is 1. The molecule has 1 aromatic carbocycles. The van der Waals surface area contributed by atoms with Crippen molar-refractivity contribution in [2.75, 3.05) is 13.2 Å². The van der Waals surface area contributed by atoms with Crippen LogP contribution < -0.4 is 4.74 Å². The molecule has 0 atom stereocenters. The highest BCUT2D eigenvalue weighted by molar-refractivity contribution is 5.98. The van der Waals surface area contributed by atoms with Crippen LogP contribution in [0.1, 0.15) is 67.8 Å². The number of carbonyl (C=O) groups is 1. The van der Waals surface area contributed by atoms with Gasteiger partial charge in [0.25, 0.3) is 5.91 Å². The van der Waals surface area contributed by atoms with Crippen LogP contribution in [0.5, 0.6) is 5.75 Å². The van der Waals surface area contributed by atoms with Crippen LogP contribution in [0.2, 0.25) is 0 Å². The van der Waals surface area contributed by atoms with Crippen molar-refractivity contribution in [1.29, 1.82) is 0 Å². The van der Waals surface area contributed by atoms with Gasteiger partial charge in [-0.1, -0.05) is 32.6 Å². The molecule has 1 aliphatic carbocycles. The number of fused-ring (bicyclic) bond motifs is 1. The molecule has 0 N–H and O–H groups in total. The van der Waals surface area contributed by atoms with Crippen molar-refractivity contribution in [2.45, 2.75) is 58.4 Å². The summed E-state index contributed by atoms with van der Waals surface area (Å²) < 4.78 is 19.6. The molecule has 0 bridgehead atoms. The maximum Gasteiger partial charge on any atom is 0.254 e. The third kappa shape index (κ3) is 3.67. The Kier molecular flexibility index (Phi) is 5.19. The maximum atomic E-state index is 14.1. The Labute approximate surface area is 137 Å². The molecular weight excluding hydrogens is 293 g/mol. The summed E-state index contributed by atoms with van der Waals surface area (Å²) in [6.07, 6.45) is 8.15. The van der Waals surface area contributed by atoms with E-state index in [2.05, 4.69) is 6.92 Å². The van der Waals surface area contributed by atoms with E-state index in [-0.39, 0.29) is 17.5 Å². The lowest BCUT2D eigenvalue weighted by Gasteiger charge is -2.26. The first-order chi connectivity index (χ1) is 11.2. The summed E-state index contributed by atoms with van der Waals surface area (Å²) in [6.45, 7) is 3.90. The van der Waals surface area contributed by atoms with Crippen LogP contribution in [0.15, 0.2) is 12.1 Å². The first-order valence-electron chi connectivity index (χ1n) is 8.93. The van der Waals surface area contributed by atoms with Gasteiger partial charge in [0.05, 0.1) is 6.61 Å². The molecule has 0 saturated heterocycles. The predicted octanol–water partition coefficient (Wildman–Crippen LogP) is 4.54. The largest absolute Gasteiger partial charge is 0.490 e. The SMILES string of the molecule is CCCCOc1cc2c(cc1F)CN(CC1CCCCC1)C2=O. The fourth-order valence-corrected chi connectivity index (χ4v) is 3.64. The quantitative estimate of drug-likeness (QED) is 0.720. The number of hydrogen-bond acceptors (Lipinski definition) is 2. The van der Waals surface area contributed by atoms with Gasteiger partial charge in [0.1, 0.15) is 0 Å². The zero-order valence-corrected chi connectivity index (χ0v) is 13.9. The molecule has 126 valence electrons. The lowest BCUT2D eigenvalue weighted by molar-refractivity contribution is 0.0737. The van der Waals surface area contributed by atoms with Gasteiger partial charge in [-0.25, -0.2) is 4.39 Å². The molecule has 0 aromatic heterocycles. The van der Waals surface area contributed by atoms with Gasteiger partial charge in [0.2, 0.25) is 0 Å². The first-order valence-corrected chi connectivity index (χ1v) is 8.93. The van der Waals surface area contributed by atoms with Gasteiger partial charge in [-0.3, -0.25) is 4.79 Å². The lowest BCUT2D eigenvalue weighted by atomic mass is 9.89. The Morgan fingerprint density at radius 1 is 1.26 bits per heavy atom. The van der Waals surface area contributed by atoms with Crippen molar-refractivity contribution in [1.82, 2.24) is 4.90 Å². The van der Waals surface area contributed by atoms with Crippen molar-refractivity contribution in [3.63, 3.8) is 0 Å². The summed E-state index contributed by atoms with van der Waals surface area (Å²) in [5.41, 5.74) is 1.42. The topological polar surface area (TPSA) is 29.5 Å². The van der Waals surface area contributed by atoms with E-state index in [1.54, 1.807) is 6.07 Å². The molecule has 4 heteroatoms. The van der Waals surface area contributed by atoms with Crippen LogP contribution in [-0.2, 0) is 6.54 Å². The summed E-state index contributed by atoms with van der Waals surface area (Å²) in [7, 11) is 0. The highest BCUT2D eigenvalue weighted by atomic mass is 19.1. The molecule has 1 aromatic rings. The minimum Gasteiger partial charge on any atom is -0.490 e. The lowest BCUT2D eigenvalue weighted by Crippen LogP contribution is -2.30. The summed E-state index contributed by atoms with van der Waals surface area (Å²) in [6, 6.07) is 3.08. The minimum absolute atomic E-state index is 0.0333. The smallest absolute Gasteiger partial charge is 0.254 e. The average Bonchev–Trinajstić information content (AvgIpc) is 2.84. The van der Waals surface area contributed by atoms with E-state index in [0.717, 1.165) is 24.9 Å². The number of unbranched alkanes of at least 4 members (excludes halogenated alkanes) is 1. The monoisotopic (exact) mass is 319 g/mol. The van der Waals surface area contributed by atoms with Crippen LogP contribution in [0.25, 0.3) is 0 Å². The van der Waals surface area contributed by atoms with Crippen molar-refractivity contribution in [2.24, 2.45) is 5.92 Å². The van der Waals surface area contributed by atoms with E-state index in [1.165, 1.54) is 38.2 Å². The van der Waals surface area contributed by atoms with Gasteiger partial charge in [-0.15, -0.1) is 0 Å². The number of halogens is 1. The molecular formula is C19H26FNO2. The number of carbonyl (C=O) groups excluding carboxylic acids is 1. The molecule has 0 spiro atoms. The second-order valence-electron chi connectivity index (χ2n) is 6.83.